The van der Waals surface area contributed by atoms with Gasteiger partial charge in [0.05, 0.1) is 18.8 Å². The average molecular weight is 744 g/mol. The molecule has 4 nitrogen and oxygen atoms in total. The van der Waals surface area contributed by atoms with E-state index in [-0.39, 0.29) is 12.5 Å². The molecule has 0 spiro atoms. The van der Waals surface area contributed by atoms with Gasteiger partial charge in [0.15, 0.2) is 0 Å². The van der Waals surface area contributed by atoms with Gasteiger partial charge in [0.25, 0.3) is 0 Å². The van der Waals surface area contributed by atoms with Gasteiger partial charge in [-0.15, -0.1) is 0 Å². The van der Waals surface area contributed by atoms with Crippen LogP contribution in [0.5, 0.6) is 0 Å². The topological polar surface area (TPSA) is 69.6 Å². The second-order valence-corrected chi connectivity index (χ2v) is 16.2. The van der Waals surface area contributed by atoms with Gasteiger partial charge in [-0.25, -0.2) is 0 Å². The quantitative estimate of drug-likeness (QED) is 0.0430. The molecule has 2 atom stereocenters. The Morgan fingerprint density at radius 1 is 0.434 bits per heavy atom. The first-order chi connectivity index (χ1) is 26.2. The number of amides is 1. The number of hydrogen-bond donors (Lipinski definition) is 3. The first kappa shape index (κ1) is 51.6. The molecule has 0 radical (unpaired) electrons. The molecule has 0 rings (SSSR count). The molecule has 0 fully saturated rings. The summed E-state index contributed by atoms with van der Waals surface area (Å²) in [5.74, 6) is -0.0732. The van der Waals surface area contributed by atoms with Gasteiger partial charge in [-0.3, -0.25) is 4.79 Å². The van der Waals surface area contributed by atoms with Gasteiger partial charge >= 0.3 is 0 Å². The van der Waals surface area contributed by atoms with Crippen molar-refractivity contribution in [3.63, 3.8) is 0 Å². The number of aliphatic hydroxyl groups excluding tert-OH is 2. The summed E-state index contributed by atoms with van der Waals surface area (Å²) in [4.78, 5) is 12.4. The van der Waals surface area contributed by atoms with Gasteiger partial charge < -0.3 is 15.5 Å². The molecule has 1 amide bonds. The Bertz CT molecular complexity index is 806. The van der Waals surface area contributed by atoms with E-state index in [0.717, 1.165) is 32.1 Å². The first-order valence-electron chi connectivity index (χ1n) is 23.7. The number of allylic oxidation sites excluding steroid dienone is 5. The Morgan fingerprint density at radius 2 is 0.736 bits per heavy atom. The van der Waals surface area contributed by atoms with Gasteiger partial charge in [0.1, 0.15) is 0 Å². The van der Waals surface area contributed by atoms with Gasteiger partial charge in [-0.2, -0.15) is 0 Å². The van der Waals surface area contributed by atoms with Crippen LogP contribution in [0, 0.1) is 0 Å². The van der Waals surface area contributed by atoms with Crippen LogP contribution in [-0.4, -0.2) is 34.9 Å². The third-order valence-electron chi connectivity index (χ3n) is 10.8. The zero-order valence-electron chi connectivity index (χ0n) is 35.8. The number of carbonyl (C=O) groups excluding carboxylic acids is 1. The van der Waals surface area contributed by atoms with E-state index in [9.17, 15) is 15.0 Å². The van der Waals surface area contributed by atoms with Gasteiger partial charge in [-0.05, 0) is 57.8 Å². The monoisotopic (exact) mass is 744 g/mol. The van der Waals surface area contributed by atoms with Gasteiger partial charge in [-0.1, -0.05) is 224 Å². The standard InChI is InChI=1S/C49H93NO3/c1-3-5-7-9-11-13-15-16-17-18-19-20-21-22-23-24-25-26-27-28-29-30-31-32-33-34-35-37-39-41-43-45-49(53)50-47(46-51)48(52)44-42-40-38-36-14-12-10-8-6-4-2/h14,18-19,36,42,44,47-48,51-52H,3-13,15-17,20-35,37-41,43,45-46H2,1-2H3,(H,50,53)/b19-18-,36-14+,44-42+. The fourth-order valence-electron chi connectivity index (χ4n) is 7.19. The summed E-state index contributed by atoms with van der Waals surface area (Å²) >= 11 is 0. The van der Waals surface area contributed by atoms with Crippen molar-refractivity contribution >= 4 is 5.91 Å². The molecule has 3 N–H and O–H groups in total. The number of carbonyl (C=O) groups is 1. The molecule has 0 aliphatic carbocycles. The molecule has 0 aromatic heterocycles. The van der Waals surface area contributed by atoms with Crippen LogP contribution in [-0.2, 0) is 4.79 Å². The maximum absolute atomic E-state index is 12.4. The van der Waals surface area contributed by atoms with Crippen molar-refractivity contribution in [2.45, 2.75) is 264 Å². The number of unbranched alkanes of at least 4 members (excludes halogenated alkanes) is 32. The lowest BCUT2D eigenvalue weighted by Crippen LogP contribution is -2.45. The molecule has 0 saturated heterocycles. The van der Waals surface area contributed by atoms with E-state index in [0.29, 0.717) is 6.42 Å². The van der Waals surface area contributed by atoms with Crippen molar-refractivity contribution in [2.75, 3.05) is 6.61 Å². The van der Waals surface area contributed by atoms with Crippen molar-refractivity contribution in [3.05, 3.63) is 36.5 Å². The third kappa shape index (κ3) is 41.6. The molecular formula is C49H93NO3. The summed E-state index contributed by atoms with van der Waals surface area (Å²) in [6.45, 7) is 4.27. The lowest BCUT2D eigenvalue weighted by Gasteiger charge is -2.19. The number of hydrogen-bond acceptors (Lipinski definition) is 3. The van der Waals surface area contributed by atoms with Crippen LogP contribution in [0.15, 0.2) is 36.5 Å². The van der Waals surface area contributed by atoms with E-state index in [1.165, 1.54) is 199 Å². The lowest BCUT2D eigenvalue weighted by molar-refractivity contribution is -0.123. The van der Waals surface area contributed by atoms with Crippen molar-refractivity contribution in [2.24, 2.45) is 0 Å². The molecular weight excluding hydrogens is 651 g/mol. The first-order valence-corrected chi connectivity index (χ1v) is 23.7. The zero-order valence-corrected chi connectivity index (χ0v) is 35.8. The maximum Gasteiger partial charge on any atom is 0.220 e. The Labute approximate surface area is 331 Å². The summed E-state index contributed by atoms with van der Waals surface area (Å²) < 4.78 is 0. The minimum atomic E-state index is -0.858. The number of aliphatic hydroxyl groups is 2. The maximum atomic E-state index is 12.4. The molecule has 0 aliphatic rings. The van der Waals surface area contributed by atoms with E-state index < -0.39 is 12.1 Å². The Balaban J connectivity index is 3.42. The summed E-state index contributed by atoms with van der Waals surface area (Å²) in [5, 5.41) is 22.9. The largest absolute Gasteiger partial charge is 0.394 e. The van der Waals surface area contributed by atoms with E-state index in [1.54, 1.807) is 6.08 Å². The number of nitrogens with one attached hydrogen (secondary N) is 1. The molecule has 0 aliphatic heterocycles. The third-order valence-corrected chi connectivity index (χ3v) is 10.8. The molecule has 0 aromatic carbocycles. The highest BCUT2D eigenvalue weighted by Gasteiger charge is 2.17. The molecule has 2 unspecified atom stereocenters. The van der Waals surface area contributed by atoms with Crippen LogP contribution in [0.25, 0.3) is 0 Å². The molecule has 312 valence electrons. The molecule has 0 aromatic rings. The number of rotatable bonds is 43. The van der Waals surface area contributed by atoms with E-state index >= 15 is 0 Å². The fourth-order valence-corrected chi connectivity index (χ4v) is 7.19. The smallest absolute Gasteiger partial charge is 0.220 e. The Kier molecular flexibility index (Phi) is 43.8. The molecule has 0 bridgehead atoms. The van der Waals surface area contributed by atoms with Crippen LogP contribution in [0.2, 0.25) is 0 Å². The summed E-state index contributed by atoms with van der Waals surface area (Å²) in [5.41, 5.74) is 0. The Hall–Kier alpha value is -1.39. The predicted octanol–water partition coefficient (Wildman–Crippen LogP) is 15.0. The zero-order chi connectivity index (χ0) is 38.6. The van der Waals surface area contributed by atoms with Crippen LogP contribution in [0.3, 0.4) is 0 Å². The summed E-state index contributed by atoms with van der Waals surface area (Å²) in [7, 11) is 0. The van der Waals surface area contributed by atoms with Crippen molar-refractivity contribution < 1.29 is 15.0 Å². The second-order valence-electron chi connectivity index (χ2n) is 16.2. The van der Waals surface area contributed by atoms with Crippen LogP contribution >= 0.6 is 0 Å². The van der Waals surface area contributed by atoms with Gasteiger partial charge in [0, 0.05) is 6.42 Å². The van der Waals surface area contributed by atoms with Crippen molar-refractivity contribution in [1.82, 2.24) is 5.32 Å². The minimum absolute atomic E-state index is 0.0732. The van der Waals surface area contributed by atoms with Gasteiger partial charge in [0.2, 0.25) is 5.91 Å². The van der Waals surface area contributed by atoms with E-state index in [1.807, 2.05) is 6.08 Å². The molecule has 0 saturated carbocycles. The molecule has 0 heterocycles. The van der Waals surface area contributed by atoms with Crippen LogP contribution in [0.4, 0.5) is 0 Å². The van der Waals surface area contributed by atoms with E-state index in [4.69, 9.17) is 0 Å². The summed E-state index contributed by atoms with van der Waals surface area (Å²) in [6, 6.07) is -0.635. The highest BCUT2D eigenvalue weighted by Crippen LogP contribution is 2.16. The normalized spacial score (nSPS) is 13.2. The lowest BCUT2D eigenvalue weighted by atomic mass is 10.0. The molecule has 53 heavy (non-hydrogen) atoms. The minimum Gasteiger partial charge on any atom is -0.394 e. The fraction of sp³-hybridized carbons (Fsp3) is 0.857. The highest BCUT2D eigenvalue weighted by atomic mass is 16.3. The predicted molar refractivity (Wildman–Crippen MR) is 235 cm³/mol. The second kappa shape index (κ2) is 45.0. The van der Waals surface area contributed by atoms with Crippen LogP contribution < -0.4 is 5.32 Å². The molecule has 4 heteroatoms. The van der Waals surface area contributed by atoms with Crippen LogP contribution in [0.1, 0.15) is 251 Å². The summed E-state index contributed by atoms with van der Waals surface area (Å²) in [6.07, 6.45) is 60.0. The highest BCUT2D eigenvalue weighted by molar-refractivity contribution is 5.76. The Morgan fingerprint density at radius 3 is 1.11 bits per heavy atom. The van der Waals surface area contributed by atoms with Crippen molar-refractivity contribution in [1.29, 1.82) is 0 Å². The van der Waals surface area contributed by atoms with E-state index in [2.05, 4.69) is 43.5 Å². The van der Waals surface area contributed by atoms with Crippen molar-refractivity contribution in [3.8, 4) is 0 Å². The SMILES string of the molecule is CCCCCC/C=C/CC/C=C/C(O)C(CO)NC(=O)CCCCCCCCCCCCCCCCCCCCC/C=C\CCCCCCCCCC. The average Bonchev–Trinajstić information content (AvgIpc) is 3.16.